The minimum absolute atomic E-state index is 0.232. The van der Waals surface area contributed by atoms with Crippen molar-refractivity contribution in [2.24, 2.45) is 28.9 Å². The van der Waals surface area contributed by atoms with Crippen molar-refractivity contribution >= 4 is 17.8 Å². The van der Waals surface area contributed by atoms with E-state index >= 15 is 0 Å². The summed E-state index contributed by atoms with van der Waals surface area (Å²) in [6.07, 6.45) is 1.62. The molecule has 0 aromatic heterocycles. The Labute approximate surface area is 224 Å². The summed E-state index contributed by atoms with van der Waals surface area (Å²) in [7, 11) is 0. The number of likely N-dealkylation sites (tertiary alicyclic amines) is 1. The van der Waals surface area contributed by atoms with Crippen molar-refractivity contribution in [1.82, 2.24) is 10.2 Å². The normalized spacial score (nSPS) is 38.4. The van der Waals surface area contributed by atoms with Crippen molar-refractivity contribution in [3.05, 3.63) is 35.4 Å². The molecule has 2 heterocycles. The Balaban J connectivity index is 1.39. The van der Waals surface area contributed by atoms with Gasteiger partial charge in [0.2, 0.25) is 5.91 Å². The van der Waals surface area contributed by atoms with Crippen molar-refractivity contribution in [2.45, 2.75) is 89.8 Å². The number of aliphatic hydroxyl groups is 1. The van der Waals surface area contributed by atoms with Crippen LogP contribution in [0.5, 0.6) is 0 Å². The highest BCUT2D eigenvalue weighted by Gasteiger charge is 2.91. The van der Waals surface area contributed by atoms with Crippen LogP contribution < -0.4 is 11.1 Å². The molecule has 4 N–H and O–H groups in total. The predicted molar refractivity (Wildman–Crippen MR) is 140 cm³/mol. The second-order valence-corrected chi connectivity index (χ2v) is 12.8. The number of rotatable bonds is 6. The topological polar surface area (TPSA) is 131 Å². The lowest BCUT2D eigenvalue weighted by atomic mass is 9.78. The zero-order valence-corrected chi connectivity index (χ0v) is 23.2. The highest BCUT2D eigenvalue weighted by molar-refractivity contribution is 5.99. The highest BCUT2D eigenvalue weighted by Crippen LogP contribution is 2.74. The van der Waals surface area contributed by atoms with Crippen LogP contribution in [0.1, 0.15) is 69.8 Å². The van der Waals surface area contributed by atoms with Crippen molar-refractivity contribution in [2.75, 3.05) is 13.2 Å². The molecule has 0 bridgehead atoms. The Bertz CT molecular complexity index is 1160. The van der Waals surface area contributed by atoms with Gasteiger partial charge in [-0.25, -0.2) is 0 Å². The van der Waals surface area contributed by atoms with Gasteiger partial charge in [-0.3, -0.25) is 14.4 Å². The van der Waals surface area contributed by atoms with Crippen molar-refractivity contribution in [3.8, 4) is 0 Å². The van der Waals surface area contributed by atoms with Gasteiger partial charge in [-0.05, 0) is 50.7 Å². The number of carbonyl (C=O) groups excluding carboxylic acids is 3. The number of nitrogens with two attached hydrogens (primary N) is 1. The quantitative estimate of drug-likeness (QED) is 0.483. The molecule has 2 amide bonds. The molecule has 208 valence electrons. The molecule has 4 unspecified atom stereocenters. The lowest BCUT2D eigenvalue weighted by Gasteiger charge is -2.49. The number of amides is 2. The van der Waals surface area contributed by atoms with E-state index in [4.69, 9.17) is 15.2 Å². The minimum atomic E-state index is -1.55. The molecule has 1 aromatic rings. The monoisotopic (exact) mass is 527 g/mol. The van der Waals surface area contributed by atoms with Gasteiger partial charge in [0.25, 0.3) is 5.91 Å². The summed E-state index contributed by atoms with van der Waals surface area (Å²) in [6.45, 7) is 11.9. The van der Waals surface area contributed by atoms with Gasteiger partial charge in [0.1, 0.15) is 17.9 Å². The number of nitrogens with one attached hydrogen (secondary N) is 1. The van der Waals surface area contributed by atoms with E-state index in [-0.39, 0.29) is 29.8 Å². The lowest BCUT2D eigenvalue weighted by Crippen LogP contribution is -2.65. The maximum atomic E-state index is 14.1. The third-order valence-electron chi connectivity index (χ3n) is 9.43. The highest BCUT2D eigenvalue weighted by atomic mass is 16.6. The fraction of sp³-hybridized carbons (Fsp3) is 0.690. The van der Waals surface area contributed by atoms with Crippen LogP contribution in [0.25, 0.3) is 0 Å². The Morgan fingerprint density at radius 3 is 2.63 bits per heavy atom. The first-order valence-electron chi connectivity index (χ1n) is 13.8. The summed E-state index contributed by atoms with van der Waals surface area (Å²) >= 11 is 0. The van der Waals surface area contributed by atoms with Gasteiger partial charge < -0.3 is 30.5 Å². The molecule has 4 aliphatic rings. The molecule has 5 rings (SSSR count). The Hall–Kier alpha value is -2.49. The zero-order chi connectivity index (χ0) is 27.8. The van der Waals surface area contributed by atoms with E-state index in [1.807, 2.05) is 46.8 Å². The van der Waals surface area contributed by atoms with Crippen LogP contribution in [-0.2, 0) is 19.1 Å². The zero-order valence-electron chi connectivity index (χ0n) is 23.2. The summed E-state index contributed by atoms with van der Waals surface area (Å²) in [6, 6.07) is 6.37. The first-order valence-corrected chi connectivity index (χ1v) is 13.8. The number of aryl methyl sites for hydroxylation is 1. The number of hydrogen-bond donors (Lipinski definition) is 3. The van der Waals surface area contributed by atoms with E-state index in [9.17, 15) is 19.5 Å². The van der Waals surface area contributed by atoms with Crippen LogP contribution in [0.3, 0.4) is 0 Å². The van der Waals surface area contributed by atoms with E-state index in [1.165, 1.54) is 4.90 Å². The van der Waals surface area contributed by atoms with Crippen LogP contribution in [0, 0.1) is 30.1 Å². The largest absolute Gasteiger partial charge is 0.454 e. The SMILES string of the molecule is CCOC1C[C@]12OC(=O)C1C([C@@H]3CCCN(C(=O)[C@@H](NC(=O)c4ccccc4C)C(C)(C)C)C3(C)O)[C@]12N. The number of fused-ring (bicyclic) bond motifs is 2. The van der Waals surface area contributed by atoms with Crippen molar-refractivity contribution < 1.29 is 29.0 Å². The molecule has 2 saturated carbocycles. The average Bonchev–Trinajstić information content (AvgIpc) is 3.67. The van der Waals surface area contributed by atoms with Crippen LogP contribution in [0.2, 0.25) is 0 Å². The molecular formula is C29H41N3O6. The number of hydrogen-bond acceptors (Lipinski definition) is 7. The molecule has 1 aromatic carbocycles. The molecule has 8 atom stereocenters. The third kappa shape index (κ3) is 3.80. The number of esters is 1. The van der Waals surface area contributed by atoms with Gasteiger partial charge in [-0.1, -0.05) is 39.0 Å². The molecule has 1 spiro atoms. The van der Waals surface area contributed by atoms with E-state index < -0.39 is 40.2 Å². The molecule has 2 aliphatic heterocycles. The summed E-state index contributed by atoms with van der Waals surface area (Å²) in [5.41, 5.74) is 4.30. The lowest BCUT2D eigenvalue weighted by molar-refractivity contribution is -0.190. The van der Waals surface area contributed by atoms with Gasteiger partial charge in [-0.15, -0.1) is 0 Å². The summed E-state index contributed by atoms with van der Waals surface area (Å²) < 4.78 is 11.5. The van der Waals surface area contributed by atoms with Crippen molar-refractivity contribution in [3.63, 3.8) is 0 Å². The third-order valence-corrected chi connectivity index (χ3v) is 9.43. The number of nitrogens with zero attached hydrogens (tertiary/aromatic N) is 1. The second-order valence-electron chi connectivity index (χ2n) is 12.8. The maximum Gasteiger partial charge on any atom is 0.312 e. The smallest absolute Gasteiger partial charge is 0.312 e. The number of ether oxygens (including phenoxy) is 2. The predicted octanol–water partition coefficient (Wildman–Crippen LogP) is 2.13. The second kappa shape index (κ2) is 8.76. The fourth-order valence-electron chi connectivity index (χ4n) is 7.26. The molecule has 2 saturated heterocycles. The van der Waals surface area contributed by atoms with Crippen LogP contribution >= 0.6 is 0 Å². The number of benzene rings is 1. The maximum absolute atomic E-state index is 14.1. The fourth-order valence-corrected chi connectivity index (χ4v) is 7.26. The van der Waals surface area contributed by atoms with Gasteiger partial charge in [0.15, 0.2) is 5.60 Å². The standard InChI is InChI=1S/C29H41N3O6/c1-7-37-19-15-28(19)29(30)20(21(29)25(35)38-28)18-13-10-14-32(27(18,6)36)24(34)22(26(3,4)5)31-23(33)17-12-9-8-11-16(17)2/h8-9,11-12,18-22,36H,7,10,13-15,30H2,1-6H3,(H,31,33)/t18-,19?,20?,21?,22+,27?,28-,29-/m0/s1. The molecule has 0 radical (unpaired) electrons. The summed E-state index contributed by atoms with van der Waals surface area (Å²) in [5.74, 6) is -2.25. The molecular weight excluding hydrogens is 486 g/mol. The Morgan fingerprint density at radius 1 is 1.32 bits per heavy atom. The van der Waals surface area contributed by atoms with Crippen LogP contribution in [0.15, 0.2) is 24.3 Å². The van der Waals surface area contributed by atoms with Crippen LogP contribution in [0.4, 0.5) is 0 Å². The molecule has 2 aliphatic carbocycles. The first-order chi connectivity index (χ1) is 17.7. The van der Waals surface area contributed by atoms with E-state index in [1.54, 1.807) is 19.1 Å². The summed E-state index contributed by atoms with van der Waals surface area (Å²) in [4.78, 5) is 41.6. The summed E-state index contributed by atoms with van der Waals surface area (Å²) in [5, 5.41) is 14.9. The van der Waals surface area contributed by atoms with Crippen molar-refractivity contribution in [1.29, 1.82) is 0 Å². The van der Waals surface area contributed by atoms with Gasteiger partial charge in [0.05, 0.1) is 11.5 Å². The van der Waals surface area contributed by atoms with Gasteiger partial charge >= 0.3 is 5.97 Å². The molecule has 38 heavy (non-hydrogen) atoms. The molecule has 9 heteroatoms. The van der Waals surface area contributed by atoms with Gasteiger partial charge in [-0.2, -0.15) is 0 Å². The molecule has 9 nitrogen and oxygen atoms in total. The average molecular weight is 528 g/mol. The number of carbonyl (C=O) groups is 3. The minimum Gasteiger partial charge on any atom is -0.454 e. The van der Waals surface area contributed by atoms with E-state index in [2.05, 4.69) is 5.32 Å². The Kier molecular flexibility index (Phi) is 6.25. The number of piperidine rings is 1. The van der Waals surface area contributed by atoms with Gasteiger partial charge in [0, 0.05) is 37.0 Å². The molecule has 4 fully saturated rings. The van der Waals surface area contributed by atoms with E-state index in [0.717, 1.165) is 5.56 Å². The first kappa shape index (κ1) is 27.1. The van der Waals surface area contributed by atoms with Crippen LogP contribution in [-0.4, -0.2) is 70.0 Å². The van der Waals surface area contributed by atoms with E-state index in [0.29, 0.717) is 38.0 Å². The Morgan fingerprint density at radius 2 is 2.00 bits per heavy atom.